The van der Waals surface area contributed by atoms with Crippen LogP contribution in [-0.4, -0.2) is 37.1 Å². The third kappa shape index (κ3) is 2.67. The molecule has 1 aliphatic heterocycles. The summed E-state index contributed by atoms with van der Waals surface area (Å²) in [4.78, 5) is 4.84. The average Bonchev–Trinajstić information content (AvgIpc) is 2.29. The van der Waals surface area contributed by atoms with Gasteiger partial charge < -0.3 is 10.6 Å². The lowest BCUT2D eigenvalue weighted by atomic mass is 10.1. The van der Waals surface area contributed by atoms with Gasteiger partial charge in [0.15, 0.2) is 0 Å². The van der Waals surface area contributed by atoms with Crippen LogP contribution in [0.4, 0.5) is 11.4 Å². The summed E-state index contributed by atoms with van der Waals surface area (Å²) in [5.74, 6) is 0. The standard InChI is InChI=1S/C13H20ClN3/c1-3-16-6-7-17(9-10(16)2)13-5-4-11(14)8-12(13)15/h4-5,8,10H,3,6-7,9,15H2,1-2H3. The SMILES string of the molecule is CCN1CCN(c2ccc(Cl)cc2N)CC1C. The van der Waals surface area contributed by atoms with Crippen LogP contribution in [0, 0.1) is 0 Å². The van der Waals surface area contributed by atoms with E-state index in [-0.39, 0.29) is 0 Å². The molecule has 1 heterocycles. The maximum absolute atomic E-state index is 6.03. The lowest BCUT2D eigenvalue weighted by Gasteiger charge is -2.40. The fourth-order valence-electron chi connectivity index (χ4n) is 2.50. The van der Waals surface area contributed by atoms with Gasteiger partial charge in [0.2, 0.25) is 0 Å². The van der Waals surface area contributed by atoms with Gasteiger partial charge in [-0.2, -0.15) is 0 Å². The fourth-order valence-corrected chi connectivity index (χ4v) is 2.68. The van der Waals surface area contributed by atoms with Crippen LogP contribution in [0.25, 0.3) is 0 Å². The van der Waals surface area contributed by atoms with Gasteiger partial charge in [-0.1, -0.05) is 18.5 Å². The molecule has 17 heavy (non-hydrogen) atoms. The van der Waals surface area contributed by atoms with E-state index < -0.39 is 0 Å². The van der Waals surface area contributed by atoms with Gasteiger partial charge in [0, 0.05) is 30.7 Å². The van der Waals surface area contributed by atoms with Crippen molar-refractivity contribution >= 4 is 23.0 Å². The molecule has 0 bridgehead atoms. The lowest BCUT2D eigenvalue weighted by molar-refractivity contribution is 0.199. The molecule has 4 heteroatoms. The van der Waals surface area contributed by atoms with Crippen molar-refractivity contribution in [3.8, 4) is 0 Å². The van der Waals surface area contributed by atoms with Crippen LogP contribution >= 0.6 is 11.6 Å². The van der Waals surface area contributed by atoms with Crippen LogP contribution in [-0.2, 0) is 0 Å². The Kier molecular flexibility index (Phi) is 3.79. The summed E-state index contributed by atoms with van der Waals surface area (Å²) >= 11 is 5.92. The minimum atomic E-state index is 0.573. The molecule has 0 aromatic heterocycles. The van der Waals surface area contributed by atoms with E-state index in [0.29, 0.717) is 11.1 Å². The van der Waals surface area contributed by atoms with E-state index in [9.17, 15) is 0 Å². The van der Waals surface area contributed by atoms with E-state index in [1.807, 2.05) is 18.2 Å². The zero-order valence-electron chi connectivity index (χ0n) is 10.5. The number of piperazine rings is 1. The number of rotatable bonds is 2. The van der Waals surface area contributed by atoms with Crippen LogP contribution in [0.5, 0.6) is 0 Å². The topological polar surface area (TPSA) is 32.5 Å². The van der Waals surface area contributed by atoms with Crippen molar-refractivity contribution in [3.05, 3.63) is 23.2 Å². The first kappa shape index (κ1) is 12.5. The van der Waals surface area contributed by atoms with Gasteiger partial charge in [-0.05, 0) is 31.7 Å². The van der Waals surface area contributed by atoms with Gasteiger partial charge in [-0.3, -0.25) is 4.90 Å². The number of hydrogen-bond donors (Lipinski definition) is 1. The van der Waals surface area contributed by atoms with Gasteiger partial charge in [0.1, 0.15) is 0 Å². The maximum Gasteiger partial charge on any atom is 0.0601 e. The van der Waals surface area contributed by atoms with E-state index in [1.54, 1.807) is 0 Å². The average molecular weight is 254 g/mol. The second kappa shape index (κ2) is 5.15. The normalized spacial score (nSPS) is 21.8. The summed E-state index contributed by atoms with van der Waals surface area (Å²) in [6.45, 7) is 8.75. The first-order valence-electron chi connectivity index (χ1n) is 6.16. The highest BCUT2D eigenvalue weighted by atomic mass is 35.5. The Hall–Kier alpha value is -0.930. The van der Waals surface area contributed by atoms with Gasteiger partial charge in [0.05, 0.1) is 11.4 Å². The number of likely N-dealkylation sites (N-methyl/N-ethyl adjacent to an activating group) is 1. The number of halogens is 1. The van der Waals surface area contributed by atoms with E-state index >= 15 is 0 Å². The molecule has 0 aliphatic carbocycles. The van der Waals surface area contributed by atoms with Gasteiger partial charge >= 0.3 is 0 Å². The summed E-state index contributed by atoms with van der Waals surface area (Å²) in [6, 6.07) is 6.33. The second-order valence-corrected chi connectivity index (χ2v) is 5.06. The Morgan fingerprint density at radius 1 is 1.41 bits per heavy atom. The Balaban J connectivity index is 2.14. The smallest absolute Gasteiger partial charge is 0.0601 e. The van der Waals surface area contributed by atoms with E-state index in [2.05, 4.69) is 23.6 Å². The fraction of sp³-hybridized carbons (Fsp3) is 0.538. The molecule has 3 nitrogen and oxygen atoms in total. The number of hydrogen-bond acceptors (Lipinski definition) is 3. The van der Waals surface area contributed by atoms with E-state index in [1.165, 1.54) is 0 Å². The predicted octanol–water partition coefficient (Wildman–Crippen LogP) is 2.45. The molecule has 1 atom stereocenters. The number of benzene rings is 1. The molecule has 0 amide bonds. The Morgan fingerprint density at radius 3 is 2.76 bits per heavy atom. The number of nitrogen functional groups attached to an aromatic ring is 1. The van der Waals surface area contributed by atoms with Crippen molar-refractivity contribution in [1.29, 1.82) is 0 Å². The molecule has 1 aromatic carbocycles. The van der Waals surface area contributed by atoms with Crippen molar-refractivity contribution in [2.24, 2.45) is 0 Å². The van der Waals surface area contributed by atoms with Gasteiger partial charge in [-0.15, -0.1) is 0 Å². The summed E-state index contributed by atoms with van der Waals surface area (Å²) in [6.07, 6.45) is 0. The second-order valence-electron chi connectivity index (χ2n) is 4.63. The van der Waals surface area contributed by atoms with Crippen LogP contribution < -0.4 is 10.6 Å². The number of nitrogens with zero attached hydrogens (tertiary/aromatic N) is 2. The first-order valence-corrected chi connectivity index (χ1v) is 6.53. The maximum atomic E-state index is 6.03. The molecule has 0 radical (unpaired) electrons. The molecule has 1 saturated heterocycles. The van der Waals surface area contributed by atoms with Crippen molar-refractivity contribution in [3.63, 3.8) is 0 Å². The predicted molar refractivity (Wildman–Crippen MR) is 74.8 cm³/mol. The number of nitrogens with two attached hydrogens (primary N) is 1. The van der Waals surface area contributed by atoms with Crippen molar-refractivity contribution in [2.75, 3.05) is 36.8 Å². The van der Waals surface area contributed by atoms with Gasteiger partial charge in [0.25, 0.3) is 0 Å². The van der Waals surface area contributed by atoms with Crippen LogP contribution in [0.3, 0.4) is 0 Å². The van der Waals surface area contributed by atoms with E-state index in [4.69, 9.17) is 17.3 Å². The number of anilines is 2. The third-order valence-corrected chi connectivity index (χ3v) is 3.74. The van der Waals surface area contributed by atoms with Crippen LogP contribution in [0.15, 0.2) is 18.2 Å². The Labute approximate surface area is 108 Å². The third-order valence-electron chi connectivity index (χ3n) is 3.50. The largest absolute Gasteiger partial charge is 0.397 e. The summed E-state index contributed by atoms with van der Waals surface area (Å²) in [5, 5.41) is 0.700. The molecular formula is C13H20ClN3. The summed E-state index contributed by atoms with van der Waals surface area (Å²) in [5.41, 5.74) is 7.91. The molecule has 0 saturated carbocycles. The van der Waals surface area contributed by atoms with Gasteiger partial charge in [-0.25, -0.2) is 0 Å². The van der Waals surface area contributed by atoms with Crippen molar-refractivity contribution in [2.45, 2.75) is 19.9 Å². The molecule has 2 rings (SSSR count). The molecule has 1 aliphatic rings. The molecule has 94 valence electrons. The molecule has 1 aromatic rings. The quantitative estimate of drug-likeness (QED) is 0.822. The highest BCUT2D eigenvalue weighted by Gasteiger charge is 2.23. The highest BCUT2D eigenvalue weighted by molar-refractivity contribution is 6.31. The minimum Gasteiger partial charge on any atom is -0.397 e. The molecular weight excluding hydrogens is 234 g/mol. The summed E-state index contributed by atoms with van der Waals surface area (Å²) < 4.78 is 0. The molecule has 1 fully saturated rings. The Morgan fingerprint density at radius 2 is 2.18 bits per heavy atom. The lowest BCUT2D eigenvalue weighted by Crippen LogP contribution is -2.51. The Bertz CT molecular complexity index is 394. The zero-order chi connectivity index (χ0) is 12.4. The molecule has 0 spiro atoms. The van der Waals surface area contributed by atoms with E-state index in [0.717, 1.165) is 37.6 Å². The van der Waals surface area contributed by atoms with Crippen molar-refractivity contribution < 1.29 is 0 Å². The minimum absolute atomic E-state index is 0.573. The molecule has 1 unspecified atom stereocenters. The highest BCUT2D eigenvalue weighted by Crippen LogP contribution is 2.28. The first-order chi connectivity index (χ1) is 8.11. The van der Waals surface area contributed by atoms with Crippen LogP contribution in [0.2, 0.25) is 5.02 Å². The van der Waals surface area contributed by atoms with Crippen molar-refractivity contribution in [1.82, 2.24) is 4.90 Å². The van der Waals surface area contributed by atoms with Crippen LogP contribution in [0.1, 0.15) is 13.8 Å². The summed E-state index contributed by atoms with van der Waals surface area (Å²) in [7, 11) is 0. The monoisotopic (exact) mass is 253 g/mol. The zero-order valence-corrected chi connectivity index (χ0v) is 11.2. The molecule has 2 N–H and O–H groups in total.